The Hall–Kier alpha value is -1.78. The van der Waals surface area contributed by atoms with E-state index < -0.39 is 11.8 Å². The molecule has 3 N–H and O–H groups in total. The fourth-order valence-electron chi connectivity index (χ4n) is 3.99. The first kappa shape index (κ1) is 19.0. The molecule has 1 aliphatic heterocycles. The standard InChI is InChI=1S/C20H22Cl2N2O2/c1-10-12(7-16(23)26)17(11-5-4-6-13(21)19(11)22)18-14(24-10)8-20(2,3)9-15(18)25/h4-6,17,24H,7-9H2,1-3H3,(H2,23,26). The number of primary amides is 1. The molecule has 1 aromatic rings. The third kappa shape index (κ3) is 3.40. The van der Waals surface area contributed by atoms with E-state index >= 15 is 0 Å². The number of nitrogens with one attached hydrogen (secondary N) is 1. The second-order valence-corrected chi connectivity index (χ2v) is 8.61. The minimum absolute atomic E-state index is 0.0554. The topological polar surface area (TPSA) is 72.2 Å². The molecule has 26 heavy (non-hydrogen) atoms. The van der Waals surface area contributed by atoms with E-state index in [1.54, 1.807) is 12.1 Å². The van der Waals surface area contributed by atoms with Crippen LogP contribution >= 0.6 is 23.2 Å². The number of allylic oxidation sites excluding steroid dienone is 3. The number of hydrogen-bond donors (Lipinski definition) is 2. The fourth-order valence-corrected chi connectivity index (χ4v) is 4.40. The van der Waals surface area contributed by atoms with Crippen LogP contribution in [0, 0.1) is 5.41 Å². The third-order valence-electron chi connectivity index (χ3n) is 5.03. The van der Waals surface area contributed by atoms with Crippen LogP contribution < -0.4 is 11.1 Å². The summed E-state index contributed by atoms with van der Waals surface area (Å²) in [6.07, 6.45) is 1.26. The average Bonchev–Trinajstić information content (AvgIpc) is 2.50. The number of carbonyl (C=O) groups is 2. The minimum atomic E-state index is -0.447. The van der Waals surface area contributed by atoms with Crippen LogP contribution in [0.25, 0.3) is 0 Å². The van der Waals surface area contributed by atoms with Gasteiger partial charge in [0.2, 0.25) is 5.91 Å². The molecule has 0 spiro atoms. The average molecular weight is 393 g/mol. The molecule has 0 saturated carbocycles. The molecule has 1 amide bonds. The quantitative estimate of drug-likeness (QED) is 0.796. The Kier molecular flexibility index (Phi) is 4.93. The Morgan fingerprint density at radius 2 is 2.00 bits per heavy atom. The van der Waals surface area contributed by atoms with Gasteiger partial charge in [0, 0.05) is 29.3 Å². The van der Waals surface area contributed by atoms with E-state index in [4.69, 9.17) is 28.9 Å². The number of benzene rings is 1. The zero-order valence-corrected chi connectivity index (χ0v) is 16.6. The van der Waals surface area contributed by atoms with E-state index in [2.05, 4.69) is 19.2 Å². The van der Waals surface area contributed by atoms with E-state index in [0.717, 1.165) is 29.0 Å². The third-order valence-corrected chi connectivity index (χ3v) is 5.87. The number of Topliss-reactive ketones (excluding diaryl/α,β-unsaturated/α-hetero) is 1. The molecular formula is C20H22Cl2N2O2. The molecule has 3 rings (SSSR count). The van der Waals surface area contributed by atoms with Gasteiger partial charge in [0.25, 0.3) is 0 Å². The highest BCUT2D eigenvalue weighted by Gasteiger charge is 2.41. The van der Waals surface area contributed by atoms with Crippen molar-refractivity contribution in [1.29, 1.82) is 0 Å². The lowest BCUT2D eigenvalue weighted by Gasteiger charge is -2.40. The molecule has 1 aromatic carbocycles. The van der Waals surface area contributed by atoms with Gasteiger partial charge in [0.1, 0.15) is 0 Å². The first-order chi connectivity index (χ1) is 12.1. The Bertz CT molecular complexity index is 869. The summed E-state index contributed by atoms with van der Waals surface area (Å²) in [5.41, 5.74) is 9.28. The van der Waals surface area contributed by atoms with Crippen LogP contribution in [0.2, 0.25) is 10.0 Å². The lowest BCUT2D eigenvalue weighted by atomic mass is 9.68. The number of halogens is 2. The molecule has 1 atom stereocenters. The molecule has 0 bridgehead atoms. The van der Waals surface area contributed by atoms with Crippen molar-refractivity contribution >= 4 is 34.9 Å². The number of ketones is 1. The van der Waals surface area contributed by atoms with Gasteiger partial charge in [0.05, 0.1) is 16.5 Å². The van der Waals surface area contributed by atoms with E-state index in [-0.39, 0.29) is 17.6 Å². The predicted molar refractivity (Wildman–Crippen MR) is 104 cm³/mol. The first-order valence-corrected chi connectivity index (χ1v) is 9.31. The summed E-state index contributed by atoms with van der Waals surface area (Å²) >= 11 is 12.7. The van der Waals surface area contributed by atoms with Crippen LogP contribution in [-0.4, -0.2) is 11.7 Å². The van der Waals surface area contributed by atoms with Gasteiger partial charge >= 0.3 is 0 Å². The Morgan fingerprint density at radius 1 is 1.31 bits per heavy atom. The molecule has 0 aromatic heterocycles. The van der Waals surface area contributed by atoms with Crippen LogP contribution in [0.15, 0.2) is 40.7 Å². The fraction of sp³-hybridized carbons (Fsp3) is 0.400. The number of amides is 1. The smallest absolute Gasteiger partial charge is 0.221 e. The van der Waals surface area contributed by atoms with Crippen LogP contribution in [-0.2, 0) is 9.59 Å². The Balaban J connectivity index is 2.23. The molecule has 1 heterocycles. The van der Waals surface area contributed by atoms with Gasteiger partial charge in [-0.1, -0.05) is 49.2 Å². The minimum Gasteiger partial charge on any atom is -0.369 e. The van der Waals surface area contributed by atoms with E-state index in [1.807, 2.05) is 13.0 Å². The first-order valence-electron chi connectivity index (χ1n) is 8.56. The van der Waals surface area contributed by atoms with Crippen molar-refractivity contribution in [3.8, 4) is 0 Å². The molecule has 138 valence electrons. The van der Waals surface area contributed by atoms with E-state index in [1.165, 1.54) is 0 Å². The van der Waals surface area contributed by atoms with Gasteiger partial charge in [-0.2, -0.15) is 0 Å². The van der Waals surface area contributed by atoms with Crippen molar-refractivity contribution in [3.05, 3.63) is 56.3 Å². The van der Waals surface area contributed by atoms with Gasteiger partial charge in [-0.3, -0.25) is 9.59 Å². The maximum Gasteiger partial charge on any atom is 0.221 e. The second-order valence-electron chi connectivity index (χ2n) is 7.83. The highest BCUT2D eigenvalue weighted by Crippen LogP contribution is 2.49. The lowest BCUT2D eigenvalue weighted by molar-refractivity contribution is -0.119. The van der Waals surface area contributed by atoms with Crippen LogP contribution in [0.3, 0.4) is 0 Å². The largest absolute Gasteiger partial charge is 0.369 e. The normalized spacial score (nSPS) is 22.2. The van der Waals surface area contributed by atoms with Gasteiger partial charge < -0.3 is 11.1 Å². The number of dihydropyridines is 1. The second kappa shape index (κ2) is 6.75. The summed E-state index contributed by atoms with van der Waals surface area (Å²) in [7, 11) is 0. The Morgan fingerprint density at radius 3 is 2.65 bits per heavy atom. The zero-order valence-electron chi connectivity index (χ0n) is 15.1. The maximum atomic E-state index is 13.0. The van der Waals surface area contributed by atoms with Crippen molar-refractivity contribution in [1.82, 2.24) is 5.32 Å². The predicted octanol–water partition coefficient (Wildman–Crippen LogP) is 4.47. The summed E-state index contributed by atoms with van der Waals surface area (Å²) in [6, 6.07) is 5.37. The highest BCUT2D eigenvalue weighted by molar-refractivity contribution is 6.42. The summed E-state index contributed by atoms with van der Waals surface area (Å²) in [6.45, 7) is 6.06. The van der Waals surface area contributed by atoms with Crippen molar-refractivity contribution < 1.29 is 9.59 Å². The molecule has 1 aliphatic carbocycles. The maximum absolute atomic E-state index is 13.0. The van der Waals surface area contributed by atoms with Crippen molar-refractivity contribution in [2.24, 2.45) is 11.1 Å². The number of nitrogens with two attached hydrogens (primary N) is 1. The van der Waals surface area contributed by atoms with E-state index in [0.29, 0.717) is 22.0 Å². The summed E-state index contributed by atoms with van der Waals surface area (Å²) in [5, 5.41) is 4.17. The van der Waals surface area contributed by atoms with Crippen LogP contribution in [0.4, 0.5) is 0 Å². The lowest BCUT2D eigenvalue weighted by Crippen LogP contribution is -2.37. The summed E-state index contributed by atoms with van der Waals surface area (Å²) < 4.78 is 0. The van der Waals surface area contributed by atoms with E-state index in [9.17, 15) is 9.59 Å². The molecule has 0 saturated heterocycles. The van der Waals surface area contributed by atoms with Crippen LogP contribution in [0.1, 0.15) is 51.5 Å². The molecule has 0 radical (unpaired) electrons. The SMILES string of the molecule is CC1=C(CC(N)=O)C(c2cccc(Cl)c2Cl)C2=C(CC(C)(C)CC2=O)N1. The van der Waals surface area contributed by atoms with Gasteiger partial charge in [-0.15, -0.1) is 0 Å². The van der Waals surface area contributed by atoms with Crippen molar-refractivity contribution in [3.63, 3.8) is 0 Å². The molecule has 1 unspecified atom stereocenters. The Labute approximate surface area is 163 Å². The van der Waals surface area contributed by atoms with Crippen molar-refractivity contribution in [2.45, 2.75) is 46.0 Å². The van der Waals surface area contributed by atoms with Gasteiger partial charge in [0.15, 0.2) is 5.78 Å². The number of rotatable bonds is 3. The monoisotopic (exact) mass is 392 g/mol. The van der Waals surface area contributed by atoms with Crippen molar-refractivity contribution in [2.75, 3.05) is 0 Å². The summed E-state index contributed by atoms with van der Waals surface area (Å²) in [5.74, 6) is -0.787. The molecule has 2 aliphatic rings. The number of hydrogen-bond acceptors (Lipinski definition) is 3. The molecular weight excluding hydrogens is 371 g/mol. The van der Waals surface area contributed by atoms with Crippen LogP contribution in [0.5, 0.6) is 0 Å². The summed E-state index contributed by atoms with van der Waals surface area (Å²) in [4.78, 5) is 24.7. The highest BCUT2D eigenvalue weighted by atomic mass is 35.5. The zero-order chi connectivity index (χ0) is 19.2. The number of carbonyl (C=O) groups excluding carboxylic acids is 2. The van der Waals surface area contributed by atoms with Gasteiger partial charge in [-0.25, -0.2) is 0 Å². The van der Waals surface area contributed by atoms with Gasteiger partial charge in [-0.05, 0) is 36.0 Å². The molecule has 4 nitrogen and oxygen atoms in total. The molecule has 0 fully saturated rings. The molecule has 6 heteroatoms.